The number of rotatable bonds is 7. The molecule has 2 aliphatic rings. The van der Waals surface area contributed by atoms with Gasteiger partial charge >= 0.3 is 0 Å². The molecule has 1 aliphatic carbocycles. The molecule has 184 valence electrons. The van der Waals surface area contributed by atoms with Crippen LogP contribution in [-0.2, 0) is 14.8 Å². The van der Waals surface area contributed by atoms with E-state index in [1.54, 1.807) is 12.0 Å². The van der Waals surface area contributed by atoms with E-state index in [-0.39, 0.29) is 23.4 Å². The fraction of sp³-hybridized carbons (Fsp3) is 0.480. The fourth-order valence-electron chi connectivity index (χ4n) is 4.76. The van der Waals surface area contributed by atoms with Gasteiger partial charge in [0.2, 0.25) is 15.9 Å². The maximum absolute atomic E-state index is 13.5. The Morgan fingerprint density at radius 2 is 1.59 bits per heavy atom. The molecule has 2 aromatic rings. The quantitative estimate of drug-likeness (QED) is 0.595. The lowest BCUT2D eigenvalue weighted by Gasteiger charge is -2.38. The van der Waals surface area contributed by atoms with Crippen molar-refractivity contribution in [2.45, 2.75) is 43.0 Å². The van der Waals surface area contributed by atoms with Gasteiger partial charge in [-0.3, -0.25) is 4.79 Å². The average Bonchev–Trinajstić information content (AvgIpc) is 2.88. The van der Waals surface area contributed by atoms with Crippen LogP contribution in [0.3, 0.4) is 0 Å². The summed E-state index contributed by atoms with van der Waals surface area (Å²) in [5, 5.41) is 0. The molecule has 2 fully saturated rings. The summed E-state index contributed by atoms with van der Waals surface area (Å²) in [5.74, 6) is 0.113. The summed E-state index contributed by atoms with van der Waals surface area (Å²) in [5.41, 5.74) is 1.07. The molecule has 0 atom stereocenters. The molecule has 2 aromatic carbocycles. The Labute approximate surface area is 201 Å². The van der Waals surface area contributed by atoms with Crippen LogP contribution >= 0.6 is 0 Å². The predicted molar refractivity (Wildman–Crippen MR) is 129 cm³/mol. The van der Waals surface area contributed by atoms with E-state index >= 15 is 0 Å². The first kappa shape index (κ1) is 24.5. The molecule has 9 heteroatoms. The lowest BCUT2D eigenvalue weighted by molar-refractivity contribution is -0.132. The number of halogens is 1. The second-order valence-corrected chi connectivity index (χ2v) is 10.8. The first-order valence-electron chi connectivity index (χ1n) is 11.8. The van der Waals surface area contributed by atoms with Crippen molar-refractivity contribution < 1.29 is 22.3 Å². The Morgan fingerprint density at radius 1 is 0.971 bits per heavy atom. The Bertz CT molecular complexity index is 1060. The van der Waals surface area contributed by atoms with Crippen molar-refractivity contribution in [3.05, 3.63) is 54.3 Å². The number of anilines is 1. The van der Waals surface area contributed by atoms with Crippen LogP contribution in [0.15, 0.2) is 53.4 Å². The highest BCUT2D eigenvalue weighted by Crippen LogP contribution is 2.28. The van der Waals surface area contributed by atoms with Gasteiger partial charge in [-0.15, -0.1) is 0 Å². The molecule has 7 nitrogen and oxygen atoms in total. The van der Waals surface area contributed by atoms with E-state index in [0.717, 1.165) is 55.7 Å². The molecule has 1 heterocycles. The van der Waals surface area contributed by atoms with Gasteiger partial charge in [0.1, 0.15) is 11.6 Å². The number of hydrogen-bond donors (Lipinski definition) is 0. The standard InChI is InChI=1S/C25H32FN3O4S/c1-33-23-11-9-21(10-12-23)27-15-17-28(18-16-27)25(30)19-29(22-5-3-2-4-6-22)34(31,32)24-13-7-20(26)8-14-24/h7-14,22H,2-6,15-19H2,1H3. The van der Waals surface area contributed by atoms with E-state index in [9.17, 15) is 17.6 Å². The Morgan fingerprint density at radius 3 is 2.18 bits per heavy atom. The van der Waals surface area contributed by atoms with Crippen LogP contribution in [-0.4, -0.2) is 69.4 Å². The number of amides is 1. The summed E-state index contributed by atoms with van der Waals surface area (Å²) in [6, 6.07) is 12.4. The highest BCUT2D eigenvalue weighted by Gasteiger charge is 2.35. The minimum Gasteiger partial charge on any atom is -0.497 e. The highest BCUT2D eigenvalue weighted by atomic mass is 32.2. The summed E-state index contributed by atoms with van der Waals surface area (Å²) in [6.07, 6.45) is 4.42. The molecule has 0 N–H and O–H groups in total. The molecule has 0 bridgehead atoms. The maximum atomic E-state index is 13.5. The second-order valence-electron chi connectivity index (χ2n) is 8.86. The van der Waals surface area contributed by atoms with Gasteiger partial charge in [0.05, 0.1) is 18.6 Å². The summed E-state index contributed by atoms with van der Waals surface area (Å²) in [4.78, 5) is 17.2. The molecule has 34 heavy (non-hydrogen) atoms. The summed E-state index contributed by atoms with van der Waals surface area (Å²) in [7, 11) is -2.28. The molecule has 1 aliphatic heterocycles. The van der Waals surface area contributed by atoms with Gasteiger partial charge in [0.25, 0.3) is 0 Å². The van der Waals surface area contributed by atoms with E-state index in [1.807, 2.05) is 24.3 Å². The number of nitrogens with zero attached hydrogens (tertiary/aromatic N) is 3. The topological polar surface area (TPSA) is 70.2 Å². The number of piperazine rings is 1. The second kappa shape index (κ2) is 10.7. The van der Waals surface area contributed by atoms with Crippen molar-refractivity contribution in [2.75, 3.05) is 44.7 Å². The van der Waals surface area contributed by atoms with Gasteiger partial charge in [-0.25, -0.2) is 12.8 Å². The third-order valence-electron chi connectivity index (χ3n) is 6.76. The van der Waals surface area contributed by atoms with Gasteiger partial charge in [-0.05, 0) is 61.4 Å². The van der Waals surface area contributed by atoms with Crippen molar-refractivity contribution in [3.63, 3.8) is 0 Å². The number of hydrogen-bond acceptors (Lipinski definition) is 5. The number of methoxy groups -OCH3 is 1. The number of carbonyl (C=O) groups is 1. The van der Waals surface area contributed by atoms with Crippen LogP contribution in [0.1, 0.15) is 32.1 Å². The van der Waals surface area contributed by atoms with E-state index in [2.05, 4.69) is 4.90 Å². The normalized spacial score (nSPS) is 17.7. The number of benzene rings is 2. The van der Waals surface area contributed by atoms with Gasteiger partial charge in [-0.1, -0.05) is 19.3 Å². The third kappa shape index (κ3) is 5.52. The van der Waals surface area contributed by atoms with Crippen LogP contribution in [0.25, 0.3) is 0 Å². The van der Waals surface area contributed by atoms with E-state index in [4.69, 9.17) is 4.74 Å². The van der Waals surface area contributed by atoms with E-state index < -0.39 is 15.8 Å². The fourth-order valence-corrected chi connectivity index (χ4v) is 6.40. The lowest BCUT2D eigenvalue weighted by Crippen LogP contribution is -2.53. The van der Waals surface area contributed by atoms with Crippen LogP contribution in [0.5, 0.6) is 5.75 Å². The molecule has 0 unspecified atom stereocenters. The number of sulfonamides is 1. The minimum atomic E-state index is -3.91. The van der Waals surface area contributed by atoms with Crippen LogP contribution < -0.4 is 9.64 Å². The lowest BCUT2D eigenvalue weighted by atomic mass is 9.95. The van der Waals surface area contributed by atoms with Gasteiger partial charge in [0, 0.05) is 37.9 Å². The van der Waals surface area contributed by atoms with Crippen LogP contribution in [0.4, 0.5) is 10.1 Å². The molecule has 1 amide bonds. The smallest absolute Gasteiger partial charge is 0.243 e. The number of carbonyl (C=O) groups excluding carboxylic acids is 1. The Balaban J connectivity index is 1.45. The van der Waals surface area contributed by atoms with Crippen LogP contribution in [0, 0.1) is 5.82 Å². The van der Waals surface area contributed by atoms with Crippen molar-refractivity contribution in [1.82, 2.24) is 9.21 Å². The van der Waals surface area contributed by atoms with E-state index in [1.165, 1.54) is 16.4 Å². The molecule has 0 spiro atoms. The largest absolute Gasteiger partial charge is 0.497 e. The molecular formula is C25H32FN3O4S. The first-order valence-corrected chi connectivity index (χ1v) is 13.3. The van der Waals surface area contributed by atoms with Crippen molar-refractivity contribution in [2.24, 2.45) is 0 Å². The molecule has 0 radical (unpaired) electrons. The van der Waals surface area contributed by atoms with Crippen LogP contribution in [0.2, 0.25) is 0 Å². The molecule has 1 saturated carbocycles. The maximum Gasteiger partial charge on any atom is 0.243 e. The molecular weight excluding hydrogens is 457 g/mol. The minimum absolute atomic E-state index is 0.0246. The van der Waals surface area contributed by atoms with Gasteiger partial charge in [-0.2, -0.15) is 4.31 Å². The molecule has 4 rings (SSSR count). The van der Waals surface area contributed by atoms with Gasteiger partial charge < -0.3 is 14.5 Å². The summed E-state index contributed by atoms with van der Waals surface area (Å²) >= 11 is 0. The first-order chi connectivity index (χ1) is 16.4. The van der Waals surface area contributed by atoms with Gasteiger partial charge in [0.15, 0.2) is 0 Å². The predicted octanol–water partition coefficient (Wildman–Crippen LogP) is 3.51. The summed E-state index contributed by atoms with van der Waals surface area (Å²) in [6.45, 7) is 2.21. The van der Waals surface area contributed by atoms with E-state index in [0.29, 0.717) is 26.2 Å². The Hall–Kier alpha value is -2.65. The monoisotopic (exact) mass is 489 g/mol. The van der Waals surface area contributed by atoms with Crippen molar-refractivity contribution in [1.29, 1.82) is 0 Å². The molecule has 0 aromatic heterocycles. The third-order valence-corrected chi connectivity index (χ3v) is 8.68. The van der Waals surface area contributed by atoms with Crippen molar-refractivity contribution in [3.8, 4) is 5.75 Å². The SMILES string of the molecule is COc1ccc(N2CCN(C(=O)CN(C3CCCCC3)S(=O)(=O)c3ccc(F)cc3)CC2)cc1. The zero-order valence-corrected chi connectivity index (χ0v) is 20.3. The average molecular weight is 490 g/mol. The molecule has 1 saturated heterocycles. The zero-order chi connectivity index (χ0) is 24.1. The Kier molecular flexibility index (Phi) is 7.73. The summed E-state index contributed by atoms with van der Waals surface area (Å²) < 4.78 is 46.9. The van der Waals surface area contributed by atoms with Crippen molar-refractivity contribution >= 4 is 21.6 Å². The highest BCUT2D eigenvalue weighted by molar-refractivity contribution is 7.89. The number of ether oxygens (including phenoxy) is 1. The zero-order valence-electron chi connectivity index (χ0n) is 19.5.